The van der Waals surface area contributed by atoms with Gasteiger partial charge in [-0.2, -0.15) is 0 Å². The predicted octanol–water partition coefficient (Wildman–Crippen LogP) is 6.32. The second-order valence-corrected chi connectivity index (χ2v) is 8.85. The van der Waals surface area contributed by atoms with Crippen molar-refractivity contribution in [2.45, 2.75) is 75.5 Å². The molecule has 1 saturated carbocycles. The second-order valence-electron chi connectivity index (χ2n) is 7.68. The van der Waals surface area contributed by atoms with Gasteiger partial charge in [0.1, 0.15) is 0 Å². The van der Waals surface area contributed by atoms with Gasteiger partial charge in [-0.25, -0.2) is 0 Å². The lowest BCUT2D eigenvalue weighted by Crippen LogP contribution is -2.15. The predicted molar refractivity (Wildman–Crippen MR) is 116 cm³/mol. The van der Waals surface area contributed by atoms with Gasteiger partial charge in [0.2, 0.25) is 0 Å². The molecule has 0 radical (unpaired) electrons. The summed E-state index contributed by atoms with van der Waals surface area (Å²) in [5, 5.41) is 13.0. The number of hydrogen-bond acceptors (Lipinski definition) is 5. The molecule has 2 rings (SSSR count). The van der Waals surface area contributed by atoms with Gasteiger partial charge < -0.3 is 9.94 Å². The van der Waals surface area contributed by atoms with Gasteiger partial charge in [0.25, 0.3) is 0 Å². The maximum Gasteiger partial charge on any atom is 0.305 e. The van der Waals surface area contributed by atoms with Crippen LogP contribution in [0.4, 0.5) is 0 Å². The standard InChI is InChI=1S/C23H35NO3S/c1-27-23(25)15-8-3-2-5-11-19-16-17-22(24-26)21(19)14-9-10-18-28-20-12-6-4-7-13-20/h4,6-7,12-13,19,21,26H,2-3,5,8-11,14-18H2,1H3/b24-22-/t19-,21+/m0/s1. The smallest absolute Gasteiger partial charge is 0.305 e. The highest BCUT2D eigenvalue weighted by molar-refractivity contribution is 7.99. The summed E-state index contributed by atoms with van der Waals surface area (Å²) >= 11 is 1.92. The number of unbranched alkanes of at least 4 members (excludes halogenated alkanes) is 4. The minimum Gasteiger partial charge on any atom is -0.469 e. The number of carbonyl (C=O) groups excluding carboxylic acids is 1. The van der Waals surface area contributed by atoms with Crippen molar-refractivity contribution in [3.05, 3.63) is 30.3 Å². The van der Waals surface area contributed by atoms with E-state index in [0.29, 0.717) is 18.3 Å². The molecular weight excluding hydrogens is 370 g/mol. The fourth-order valence-electron chi connectivity index (χ4n) is 4.17. The highest BCUT2D eigenvalue weighted by Gasteiger charge is 2.32. The molecule has 2 atom stereocenters. The zero-order valence-corrected chi connectivity index (χ0v) is 18.0. The Balaban J connectivity index is 1.61. The molecule has 1 aliphatic carbocycles. The molecule has 1 aromatic rings. The molecule has 0 bridgehead atoms. The molecule has 1 aliphatic rings. The molecule has 1 N–H and O–H groups in total. The van der Waals surface area contributed by atoms with Crippen molar-refractivity contribution in [1.29, 1.82) is 0 Å². The van der Waals surface area contributed by atoms with Gasteiger partial charge >= 0.3 is 5.97 Å². The molecule has 0 aliphatic heterocycles. The molecule has 0 saturated heterocycles. The summed E-state index contributed by atoms with van der Waals surface area (Å²) < 4.78 is 4.68. The zero-order valence-electron chi connectivity index (χ0n) is 17.1. The number of nitrogens with zero attached hydrogens (tertiary/aromatic N) is 1. The molecule has 5 heteroatoms. The van der Waals surface area contributed by atoms with Crippen LogP contribution in [0, 0.1) is 11.8 Å². The lowest BCUT2D eigenvalue weighted by Gasteiger charge is -2.19. The van der Waals surface area contributed by atoms with Crippen LogP contribution in [0.2, 0.25) is 0 Å². The Morgan fingerprint density at radius 1 is 1.11 bits per heavy atom. The van der Waals surface area contributed by atoms with Crippen LogP contribution in [0.15, 0.2) is 40.4 Å². The van der Waals surface area contributed by atoms with Crippen molar-refractivity contribution in [3.8, 4) is 0 Å². The number of esters is 1. The summed E-state index contributed by atoms with van der Waals surface area (Å²) in [5.41, 5.74) is 1.02. The number of methoxy groups -OCH3 is 1. The Hall–Kier alpha value is -1.49. The van der Waals surface area contributed by atoms with Gasteiger partial charge in [-0.05, 0) is 62.3 Å². The monoisotopic (exact) mass is 405 g/mol. The lowest BCUT2D eigenvalue weighted by atomic mass is 9.86. The van der Waals surface area contributed by atoms with Gasteiger partial charge in [-0.3, -0.25) is 4.79 Å². The summed E-state index contributed by atoms with van der Waals surface area (Å²) in [6.45, 7) is 0. The van der Waals surface area contributed by atoms with Crippen molar-refractivity contribution >= 4 is 23.4 Å². The topological polar surface area (TPSA) is 58.9 Å². The first-order valence-corrected chi connectivity index (χ1v) is 11.7. The minimum absolute atomic E-state index is 0.106. The van der Waals surface area contributed by atoms with Crippen LogP contribution in [0.5, 0.6) is 0 Å². The third kappa shape index (κ3) is 8.26. The van der Waals surface area contributed by atoms with Crippen LogP contribution in [0.1, 0.15) is 70.6 Å². The molecule has 4 nitrogen and oxygen atoms in total. The van der Waals surface area contributed by atoms with E-state index in [9.17, 15) is 10.0 Å². The van der Waals surface area contributed by atoms with Gasteiger partial charge in [-0.1, -0.05) is 49.0 Å². The van der Waals surface area contributed by atoms with Crippen LogP contribution in [0.3, 0.4) is 0 Å². The first-order chi connectivity index (χ1) is 13.7. The third-order valence-corrected chi connectivity index (χ3v) is 6.85. The fourth-order valence-corrected chi connectivity index (χ4v) is 5.10. The quantitative estimate of drug-likeness (QED) is 0.137. The van der Waals surface area contributed by atoms with Crippen molar-refractivity contribution < 1.29 is 14.7 Å². The molecule has 28 heavy (non-hydrogen) atoms. The molecule has 0 heterocycles. The fraction of sp³-hybridized carbons (Fsp3) is 0.652. The SMILES string of the molecule is COC(=O)CCCCCC[C@H]1CC/C(=N/O)[C@@H]1CCCCSc1ccccc1. The van der Waals surface area contributed by atoms with Gasteiger partial charge in [0, 0.05) is 17.2 Å². The molecule has 0 spiro atoms. The first kappa shape index (κ1) is 22.8. The molecule has 1 fully saturated rings. The molecule has 0 aromatic heterocycles. The Labute approximate surface area is 174 Å². The van der Waals surface area contributed by atoms with Crippen LogP contribution in [0.25, 0.3) is 0 Å². The van der Waals surface area contributed by atoms with Crippen LogP contribution in [-0.2, 0) is 9.53 Å². The largest absolute Gasteiger partial charge is 0.469 e. The first-order valence-electron chi connectivity index (χ1n) is 10.7. The van der Waals surface area contributed by atoms with E-state index in [2.05, 4.69) is 40.2 Å². The highest BCUT2D eigenvalue weighted by Crippen LogP contribution is 2.37. The molecule has 0 unspecified atom stereocenters. The number of benzene rings is 1. The van der Waals surface area contributed by atoms with Crippen molar-refractivity contribution in [1.82, 2.24) is 0 Å². The number of oxime groups is 1. The van der Waals surface area contributed by atoms with Gasteiger partial charge in [0.15, 0.2) is 0 Å². The van der Waals surface area contributed by atoms with E-state index in [1.54, 1.807) is 0 Å². The van der Waals surface area contributed by atoms with Crippen LogP contribution in [-0.4, -0.2) is 29.8 Å². The third-order valence-electron chi connectivity index (χ3n) is 5.75. The Morgan fingerprint density at radius 3 is 2.61 bits per heavy atom. The van der Waals surface area contributed by atoms with Crippen LogP contribution >= 0.6 is 11.8 Å². The normalized spacial score (nSPS) is 20.5. The molecule has 1 aromatic carbocycles. The number of rotatable bonds is 13. The van der Waals surface area contributed by atoms with E-state index in [-0.39, 0.29) is 5.97 Å². The Morgan fingerprint density at radius 2 is 1.86 bits per heavy atom. The zero-order chi connectivity index (χ0) is 20.0. The maximum atomic E-state index is 11.1. The van der Waals surface area contributed by atoms with Gasteiger partial charge in [-0.15, -0.1) is 11.8 Å². The van der Waals surface area contributed by atoms with Crippen molar-refractivity contribution in [2.75, 3.05) is 12.9 Å². The average Bonchev–Trinajstić information content (AvgIpc) is 3.12. The molecule has 0 amide bonds. The van der Waals surface area contributed by atoms with E-state index < -0.39 is 0 Å². The average molecular weight is 406 g/mol. The maximum absolute atomic E-state index is 11.1. The minimum atomic E-state index is -0.106. The van der Waals surface area contributed by atoms with E-state index in [1.807, 2.05) is 11.8 Å². The Bertz CT molecular complexity index is 591. The summed E-state index contributed by atoms with van der Waals surface area (Å²) in [6, 6.07) is 10.6. The number of thioether (sulfide) groups is 1. The summed E-state index contributed by atoms with van der Waals surface area (Å²) in [7, 11) is 1.45. The summed E-state index contributed by atoms with van der Waals surface area (Å²) in [4.78, 5) is 12.5. The summed E-state index contributed by atoms with van der Waals surface area (Å²) in [5.74, 6) is 2.16. The lowest BCUT2D eigenvalue weighted by molar-refractivity contribution is -0.140. The van der Waals surface area contributed by atoms with E-state index >= 15 is 0 Å². The van der Waals surface area contributed by atoms with E-state index in [1.165, 1.54) is 44.1 Å². The summed E-state index contributed by atoms with van der Waals surface area (Å²) in [6.07, 6.45) is 11.8. The van der Waals surface area contributed by atoms with E-state index in [0.717, 1.165) is 43.6 Å². The number of carbonyl (C=O) groups is 1. The van der Waals surface area contributed by atoms with E-state index in [4.69, 9.17) is 0 Å². The van der Waals surface area contributed by atoms with Crippen LogP contribution < -0.4 is 0 Å². The van der Waals surface area contributed by atoms with Crippen molar-refractivity contribution in [3.63, 3.8) is 0 Å². The number of hydrogen-bond donors (Lipinski definition) is 1. The molecular formula is C23H35NO3S. The molecule has 156 valence electrons. The number of ether oxygens (including phenoxy) is 1. The van der Waals surface area contributed by atoms with Gasteiger partial charge in [0.05, 0.1) is 12.8 Å². The van der Waals surface area contributed by atoms with Crippen molar-refractivity contribution in [2.24, 2.45) is 17.0 Å². The second kappa shape index (κ2) is 13.6. The Kier molecular flexibility index (Phi) is 11.1. The highest BCUT2D eigenvalue weighted by atomic mass is 32.2.